The molecule has 2 fully saturated rings. The molecule has 0 bridgehead atoms. The van der Waals surface area contributed by atoms with Gasteiger partial charge in [-0.15, -0.1) is 0 Å². The number of carboxylic acids is 2. The first-order valence-electron chi connectivity index (χ1n) is 6.99. The number of carbonyl (C=O) groups is 3. The van der Waals surface area contributed by atoms with Crippen LogP contribution in [0.15, 0.2) is 41.7 Å². The Hall–Kier alpha value is -3.13. The summed E-state index contributed by atoms with van der Waals surface area (Å²) in [4.78, 5) is 34.3. The van der Waals surface area contributed by atoms with Crippen molar-refractivity contribution in [3.05, 3.63) is 52.8 Å². The largest absolute Gasteiger partial charge is 0.478 e. The van der Waals surface area contributed by atoms with Gasteiger partial charge in [0.05, 0.1) is 11.1 Å². The van der Waals surface area contributed by atoms with Crippen LogP contribution in [-0.4, -0.2) is 46.4 Å². The molecule has 2 unspecified atom stereocenters. The standard InChI is InChI=1S/C16H10O8/c17-13(18)8-2-1-3-10(12(8)14(19)20)23-7-4-9-15(21)22-6-16(9)11(5-7)24-16/h1-5,11H,6H2,(H,17,18)(H,19,20). The van der Waals surface area contributed by atoms with Crippen molar-refractivity contribution < 1.29 is 38.8 Å². The van der Waals surface area contributed by atoms with Crippen molar-refractivity contribution >= 4 is 17.9 Å². The first kappa shape index (κ1) is 14.5. The number of epoxide rings is 1. The molecule has 8 nitrogen and oxygen atoms in total. The summed E-state index contributed by atoms with van der Waals surface area (Å²) in [5.41, 5.74) is -1.29. The summed E-state index contributed by atoms with van der Waals surface area (Å²) < 4.78 is 16.0. The molecule has 122 valence electrons. The predicted molar refractivity (Wildman–Crippen MR) is 75.7 cm³/mol. The van der Waals surface area contributed by atoms with E-state index >= 15 is 0 Å². The SMILES string of the molecule is O=C1OCC23OC2C=C(Oc2cccc(C(=O)O)c2C(=O)O)C=C13. The molecule has 24 heavy (non-hydrogen) atoms. The van der Waals surface area contributed by atoms with Crippen LogP contribution in [0.3, 0.4) is 0 Å². The van der Waals surface area contributed by atoms with Gasteiger partial charge in [-0.2, -0.15) is 0 Å². The lowest BCUT2D eigenvalue weighted by Crippen LogP contribution is -2.21. The smallest absolute Gasteiger partial charge is 0.340 e. The van der Waals surface area contributed by atoms with Crippen molar-refractivity contribution in [3.8, 4) is 5.75 Å². The van der Waals surface area contributed by atoms with Crippen LogP contribution < -0.4 is 4.74 Å². The Morgan fingerprint density at radius 1 is 1.25 bits per heavy atom. The van der Waals surface area contributed by atoms with E-state index in [1.807, 2.05) is 0 Å². The van der Waals surface area contributed by atoms with Crippen LogP contribution in [0.1, 0.15) is 20.7 Å². The number of carbonyl (C=O) groups excluding carboxylic acids is 1. The molecule has 0 amide bonds. The first-order valence-corrected chi connectivity index (χ1v) is 6.99. The summed E-state index contributed by atoms with van der Waals surface area (Å²) in [6.07, 6.45) is 2.65. The van der Waals surface area contributed by atoms with Gasteiger partial charge in [0.25, 0.3) is 0 Å². The number of allylic oxidation sites excluding steroid dienone is 1. The zero-order valence-corrected chi connectivity index (χ0v) is 12.0. The Morgan fingerprint density at radius 2 is 2.04 bits per heavy atom. The van der Waals surface area contributed by atoms with Gasteiger partial charge in [0.1, 0.15) is 29.8 Å². The molecule has 3 aliphatic rings. The fraction of sp³-hybridized carbons (Fsp3) is 0.188. The van der Waals surface area contributed by atoms with E-state index in [9.17, 15) is 19.5 Å². The molecular weight excluding hydrogens is 320 g/mol. The van der Waals surface area contributed by atoms with E-state index in [0.717, 1.165) is 0 Å². The second-order valence-corrected chi connectivity index (χ2v) is 5.52. The summed E-state index contributed by atoms with van der Waals surface area (Å²) >= 11 is 0. The van der Waals surface area contributed by atoms with Gasteiger partial charge in [-0.05, 0) is 24.3 Å². The monoisotopic (exact) mass is 330 g/mol. The third kappa shape index (κ3) is 1.93. The molecule has 1 aromatic carbocycles. The van der Waals surface area contributed by atoms with E-state index in [0.29, 0.717) is 5.57 Å². The van der Waals surface area contributed by atoms with Crippen LogP contribution in [0.25, 0.3) is 0 Å². The number of esters is 1. The molecule has 1 aromatic rings. The first-order chi connectivity index (χ1) is 11.4. The Bertz CT molecular complexity index is 865. The van der Waals surface area contributed by atoms with Crippen molar-refractivity contribution in [1.29, 1.82) is 0 Å². The molecule has 0 radical (unpaired) electrons. The molecule has 2 heterocycles. The molecule has 2 saturated heterocycles. The van der Waals surface area contributed by atoms with E-state index in [-0.39, 0.29) is 29.8 Å². The van der Waals surface area contributed by atoms with Crippen molar-refractivity contribution in [2.45, 2.75) is 11.7 Å². The zero-order valence-electron chi connectivity index (χ0n) is 12.0. The Kier molecular flexibility index (Phi) is 2.82. The summed E-state index contributed by atoms with van der Waals surface area (Å²) in [6, 6.07) is 3.90. The van der Waals surface area contributed by atoms with E-state index < -0.39 is 29.1 Å². The molecule has 1 aliphatic carbocycles. The number of aromatic carboxylic acids is 2. The summed E-state index contributed by atoms with van der Waals surface area (Å²) in [5.74, 6) is -3.25. The predicted octanol–water partition coefficient (Wildman–Crippen LogP) is 0.980. The molecule has 1 spiro atoms. The lowest BCUT2D eigenvalue weighted by Gasteiger charge is -2.14. The molecule has 2 aliphatic heterocycles. The molecule has 4 rings (SSSR count). The maximum Gasteiger partial charge on any atom is 0.340 e. The van der Waals surface area contributed by atoms with Gasteiger partial charge in [-0.25, -0.2) is 14.4 Å². The fourth-order valence-corrected chi connectivity index (χ4v) is 2.92. The number of carboxylic acid groups (broad SMARTS) is 2. The average molecular weight is 330 g/mol. The summed E-state index contributed by atoms with van der Waals surface area (Å²) in [7, 11) is 0. The number of hydrogen-bond donors (Lipinski definition) is 2. The lowest BCUT2D eigenvalue weighted by molar-refractivity contribution is -0.135. The van der Waals surface area contributed by atoms with Crippen molar-refractivity contribution in [3.63, 3.8) is 0 Å². The van der Waals surface area contributed by atoms with Gasteiger partial charge in [0.2, 0.25) is 0 Å². The Balaban J connectivity index is 1.71. The molecule has 2 N–H and O–H groups in total. The van der Waals surface area contributed by atoms with Gasteiger partial charge in [-0.1, -0.05) is 6.07 Å². The van der Waals surface area contributed by atoms with Crippen LogP contribution in [0.2, 0.25) is 0 Å². The van der Waals surface area contributed by atoms with Crippen LogP contribution in [-0.2, 0) is 14.3 Å². The van der Waals surface area contributed by atoms with Crippen LogP contribution in [0.5, 0.6) is 5.75 Å². The van der Waals surface area contributed by atoms with E-state index in [1.165, 1.54) is 24.3 Å². The van der Waals surface area contributed by atoms with E-state index in [4.69, 9.17) is 19.3 Å². The second kappa shape index (κ2) is 4.68. The number of ether oxygens (including phenoxy) is 3. The normalized spacial score (nSPS) is 26.5. The quantitative estimate of drug-likeness (QED) is 0.619. The van der Waals surface area contributed by atoms with Gasteiger partial charge in [0.15, 0.2) is 5.60 Å². The number of hydrogen-bond acceptors (Lipinski definition) is 6. The van der Waals surface area contributed by atoms with E-state index in [2.05, 4.69) is 0 Å². The molecular formula is C16H10O8. The van der Waals surface area contributed by atoms with Crippen molar-refractivity contribution in [1.82, 2.24) is 0 Å². The average Bonchev–Trinajstić information content (AvgIpc) is 3.17. The fourth-order valence-electron chi connectivity index (χ4n) is 2.92. The van der Waals surface area contributed by atoms with Crippen LogP contribution in [0, 0.1) is 0 Å². The van der Waals surface area contributed by atoms with Gasteiger partial charge >= 0.3 is 17.9 Å². The van der Waals surface area contributed by atoms with Gasteiger partial charge < -0.3 is 24.4 Å². The van der Waals surface area contributed by atoms with Crippen molar-refractivity contribution in [2.24, 2.45) is 0 Å². The van der Waals surface area contributed by atoms with Gasteiger partial charge in [-0.3, -0.25) is 0 Å². The summed E-state index contributed by atoms with van der Waals surface area (Å²) in [6.45, 7) is 0.140. The highest BCUT2D eigenvalue weighted by Gasteiger charge is 2.66. The minimum atomic E-state index is -1.43. The number of rotatable bonds is 4. The van der Waals surface area contributed by atoms with Crippen LogP contribution in [0.4, 0.5) is 0 Å². The molecule has 0 saturated carbocycles. The summed E-state index contributed by atoms with van der Waals surface area (Å²) in [5, 5.41) is 18.4. The Labute approximate surface area is 134 Å². The minimum Gasteiger partial charge on any atom is -0.478 e. The highest BCUT2D eigenvalue weighted by molar-refractivity contribution is 6.03. The highest BCUT2D eigenvalue weighted by Crippen LogP contribution is 2.51. The number of cyclic esters (lactones) is 1. The molecule has 0 aromatic heterocycles. The Morgan fingerprint density at radius 3 is 2.75 bits per heavy atom. The minimum absolute atomic E-state index is 0.134. The van der Waals surface area contributed by atoms with Gasteiger partial charge in [0, 0.05) is 0 Å². The maximum absolute atomic E-state index is 11.7. The highest BCUT2D eigenvalue weighted by atomic mass is 16.7. The zero-order chi connectivity index (χ0) is 17.1. The topological polar surface area (TPSA) is 123 Å². The molecule has 8 heteroatoms. The van der Waals surface area contributed by atoms with E-state index in [1.54, 1.807) is 6.08 Å². The van der Waals surface area contributed by atoms with Crippen LogP contribution >= 0.6 is 0 Å². The lowest BCUT2D eigenvalue weighted by atomic mass is 9.93. The number of benzene rings is 1. The second-order valence-electron chi connectivity index (χ2n) is 5.52. The third-order valence-electron chi connectivity index (χ3n) is 4.13. The maximum atomic E-state index is 11.7. The van der Waals surface area contributed by atoms with Crippen molar-refractivity contribution in [2.75, 3.05) is 6.61 Å². The third-order valence-corrected chi connectivity index (χ3v) is 4.13. The molecule has 2 atom stereocenters.